The van der Waals surface area contributed by atoms with Gasteiger partial charge in [-0.15, -0.1) is 0 Å². The fourth-order valence-electron chi connectivity index (χ4n) is 2.09. The number of carbonyl (C=O) groups is 1. The molecule has 0 aliphatic rings. The summed E-state index contributed by atoms with van der Waals surface area (Å²) in [5.41, 5.74) is 1.97. The lowest BCUT2D eigenvalue weighted by Gasteiger charge is -2.02. The minimum atomic E-state index is -1.07. The van der Waals surface area contributed by atoms with Crippen molar-refractivity contribution in [3.05, 3.63) is 53.6 Å². The topological polar surface area (TPSA) is 88.5 Å². The van der Waals surface area contributed by atoms with E-state index in [1.807, 2.05) is 18.2 Å². The predicted molar refractivity (Wildman–Crippen MR) is 70.2 cm³/mol. The number of aromatic nitrogens is 1. The van der Waals surface area contributed by atoms with Gasteiger partial charge >= 0.3 is 5.97 Å². The van der Waals surface area contributed by atoms with Gasteiger partial charge < -0.3 is 19.4 Å². The van der Waals surface area contributed by atoms with Crippen LogP contribution >= 0.6 is 0 Å². The number of nitrogens with zero attached hydrogens (tertiary/aromatic N) is 1. The van der Waals surface area contributed by atoms with Crippen LogP contribution < -0.4 is 5.32 Å². The van der Waals surface area contributed by atoms with E-state index in [0.29, 0.717) is 24.2 Å². The molecule has 1 aromatic carbocycles. The van der Waals surface area contributed by atoms with Crippen molar-refractivity contribution in [3.8, 4) is 0 Å². The summed E-state index contributed by atoms with van der Waals surface area (Å²) in [5, 5.41) is 16.9. The molecular weight excluding hydrogens is 260 g/mol. The largest absolute Gasteiger partial charge is 0.475 e. The smallest absolute Gasteiger partial charge is 0.372 e. The quantitative estimate of drug-likeness (QED) is 0.741. The number of fused-ring (bicyclic) bond motifs is 1. The van der Waals surface area contributed by atoms with Crippen LogP contribution in [0.4, 0.5) is 0 Å². The maximum Gasteiger partial charge on any atom is 0.372 e. The van der Waals surface area contributed by atoms with Crippen molar-refractivity contribution in [3.63, 3.8) is 0 Å². The van der Waals surface area contributed by atoms with Crippen molar-refractivity contribution in [1.82, 2.24) is 10.5 Å². The van der Waals surface area contributed by atoms with Crippen LogP contribution in [0.25, 0.3) is 11.0 Å². The molecule has 6 nitrogen and oxygen atoms in total. The summed E-state index contributed by atoms with van der Waals surface area (Å²) < 4.78 is 10.1. The van der Waals surface area contributed by atoms with E-state index in [4.69, 9.17) is 8.94 Å². The van der Waals surface area contributed by atoms with Crippen molar-refractivity contribution in [2.24, 2.45) is 0 Å². The first-order valence-electron chi connectivity index (χ1n) is 6.09. The highest BCUT2D eigenvalue weighted by Crippen LogP contribution is 2.25. The molecule has 3 aromatic rings. The molecule has 0 spiro atoms. The molecule has 0 aliphatic carbocycles. The second-order valence-electron chi connectivity index (χ2n) is 4.31. The van der Waals surface area contributed by atoms with Gasteiger partial charge in [-0.2, -0.15) is 0 Å². The highest BCUT2D eigenvalue weighted by molar-refractivity contribution is 5.95. The lowest BCUT2D eigenvalue weighted by Crippen LogP contribution is -2.14. The Morgan fingerprint density at radius 3 is 2.85 bits per heavy atom. The minimum absolute atomic E-state index is 0.0288. The molecule has 0 radical (unpaired) electrons. The average molecular weight is 272 g/mol. The van der Waals surface area contributed by atoms with E-state index in [1.165, 1.54) is 6.26 Å². The number of aromatic carboxylic acids is 1. The number of hydrogen-bond acceptors (Lipinski definition) is 5. The van der Waals surface area contributed by atoms with Gasteiger partial charge in [-0.1, -0.05) is 23.4 Å². The molecule has 0 atom stereocenters. The first-order chi connectivity index (χ1) is 9.75. The summed E-state index contributed by atoms with van der Waals surface area (Å²) in [6.45, 7) is 0.876. The van der Waals surface area contributed by atoms with E-state index in [0.717, 1.165) is 11.1 Å². The van der Waals surface area contributed by atoms with E-state index in [-0.39, 0.29) is 5.76 Å². The lowest BCUT2D eigenvalue weighted by atomic mass is 10.1. The Balaban J connectivity index is 1.85. The van der Waals surface area contributed by atoms with E-state index in [9.17, 15) is 9.90 Å². The molecule has 0 saturated heterocycles. The first-order valence-corrected chi connectivity index (χ1v) is 6.09. The molecule has 0 fully saturated rings. The Hall–Kier alpha value is -2.60. The maximum atomic E-state index is 11.2. The molecule has 102 valence electrons. The van der Waals surface area contributed by atoms with Crippen molar-refractivity contribution in [2.45, 2.75) is 13.1 Å². The molecule has 0 saturated carbocycles. The SMILES string of the molecule is O=C(O)c1oc2ccccc2c1CNCc1ccon1. The lowest BCUT2D eigenvalue weighted by molar-refractivity contribution is 0.0663. The number of nitrogens with one attached hydrogen (secondary N) is 1. The normalized spacial score (nSPS) is 11.0. The monoisotopic (exact) mass is 272 g/mol. The van der Waals surface area contributed by atoms with Gasteiger partial charge in [0.2, 0.25) is 5.76 Å². The van der Waals surface area contributed by atoms with Gasteiger partial charge in [0.05, 0.1) is 5.69 Å². The zero-order chi connectivity index (χ0) is 13.9. The number of rotatable bonds is 5. The van der Waals surface area contributed by atoms with Crippen LogP contribution in [0.5, 0.6) is 0 Å². The molecule has 2 heterocycles. The second kappa shape index (κ2) is 5.18. The Labute approximate surface area is 114 Å². The number of hydrogen-bond donors (Lipinski definition) is 2. The molecule has 0 unspecified atom stereocenters. The Morgan fingerprint density at radius 1 is 1.25 bits per heavy atom. The van der Waals surface area contributed by atoms with E-state index >= 15 is 0 Å². The van der Waals surface area contributed by atoms with Crippen LogP contribution in [0.3, 0.4) is 0 Å². The molecule has 3 rings (SSSR count). The van der Waals surface area contributed by atoms with Gasteiger partial charge in [0, 0.05) is 30.1 Å². The van der Waals surface area contributed by atoms with Gasteiger partial charge in [0.1, 0.15) is 11.8 Å². The van der Waals surface area contributed by atoms with Crippen LogP contribution in [-0.4, -0.2) is 16.2 Å². The fourth-order valence-corrected chi connectivity index (χ4v) is 2.09. The summed E-state index contributed by atoms with van der Waals surface area (Å²) >= 11 is 0. The standard InChI is InChI=1S/C14H12N2O4/c17-14(18)13-11(8-15-7-9-5-6-19-16-9)10-3-1-2-4-12(10)20-13/h1-6,15H,7-8H2,(H,17,18). The van der Waals surface area contributed by atoms with E-state index in [1.54, 1.807) is 12.1 Å². The average Bonchev–Trinajstić information content (AvgIpc) is 3.07. The van der Waals surface area contributed by atoms with Crippen LogP contribution in [0.2, 0.25) is 0 Å². The molecule has 2 N–H and O–H groups in total. The maximum absolute atomic E-state index is 11.2. The zero-order valence-electron chi connectivity index (χ0n) is 10.5. The van der Waals surface area contributed by atoms with Gasteiger partial charge in [-0.25, -0.2) is 4.79 Å². The highest BCUT2D eigenvalue weighted by Gasteiger charge is 2.19. The van der Waals surface area contributed by atoms with Crippen LogP contribution in [0, 0.1) is 0 Å². The van der Waals surface area contributed by atoms with Crippen molar-refractivity contribution >= 4 is 16.9 Å². The predicted octanol–water partition coefficient (Wildman–Crippen LogP) is 2.41. The second-order valence-corrected chi connectivity index (χ2v) is 4.31. The molecule has 6 heteroatoms. The number of furan rings is 1. The van der Waals surface area contributed by atoms with Gasteiger partial charge in [0.25, 0.3) is 0 Å². The number of para-hydroxylation sites is 1. The van der Waals surface area contributed by atoms with Crippen LogP contribution in [0.1, 0.15) is 21.8 Å². The summed E-state index contributed by atoms with van der Waals surface area (Å²) in [6.07, 6.45) is 1.49. The molecule has 0 aliphatic heterocycles. The molecular formula is C14H12N2O4. The van der Waals surface area contributed by atoms with Crippen LogP contribution in [0.15, 0.2) is 45.5 Å². The van der Waals surface area contributed by atoms with Gasteiger partial charge in [0.15, 0.2) is 0 Å². The third-order valence-corrected chi connectivity index (χ3v) is 2.99. The number of benzene rings is 1. The minimum Gasteiger partial charge on any atom is -0.475 e. The summed E-state index contributed by atoms with van der Waals surface area (Å²) in [6, 6.07) is 9.01. The highest BCUT2D eigenvalue weighted by atomic mass is 16.5. The Kier molecular flexibility index (Phi) is 3.22. The summed E-state index contributed by atoms with van der Waals surface area (Å²) in [7, 11) is 0. The summed E-state index contributed by atoms with van der Waals surface area (Å²) in [4.78, 5) is 11.2. The Bertz CT molecular complexity index is 731. The molecule has 0 amide bonds. The number of carboxylic acid groups (broad SMARTS) is 1. The van der Waals surface area contributed by atoms with Gasteiger partial charge in [-0.05, 0) is 6.07 Å². The summed E-state index contributed by atoms with van der Waals surface area (Å²) in [5.74, 6) is -1.10. The Morgan fingerprint density at radius 2 is 2.10 bits per heavy atom. The van der Waals surface area contributed by atoms with Gasteiger partial charge in [-0.3, -0.25) is 0 Å². The van der Waals surface area contributed by atoms with E-state index in [2.05, 4.69) is 10.5 Å². The van der Waals surface area contributed by atoms with E-state index < -0.39 is 5.97 Å². The van der Waals surface area contributed by atoms with Crippen molar-refractivity contribution < 1.29 is 18.8 Å². The zero-order valence-corrected chi connectivity index (χ0v) is 10.5. The molecule has 0 bridgehead atoms. The number of carboxylic acids is 1. The first kappa shape index (κ1) is 12.4. The molecule has 2 aromatic heterocycles. The van der Waals surface area contributed by atoms with Crippen molar-refractivity contribution in [2.75, 3.05) is 0 Å². The fraction of sp³-hybridized carbons (Fsp3) is 0.143. The third-order valence-electron chi connectivity index (χ3n) is 2.99. The van der Waals surface area contributed by atoms with Crippen LogP contribution in [-0.2, 0) is 13.1 Å². The van der Waals surface area contributed by atoms with Crippen molar-refractivity contribution in [1.29, 1.82) is 0 Å². The molecule has 20 heavy (non-hydrogen) atoms. The third kappa shape index (κ3) is 2.28.